The first-order chi connectivity index (χ1) is 7.82. The van der Waals surface area contributed by atoms with E-state index in [4.69, 9.17) is 15.2 Å². The van der Waals surface area contributed by atoms with E-state index in [1.165, 1.54) is 6.08 Å². The number of ether oxygens (including phenoxy) is 2. The van der Waals surface area contributed by atoms with Crippen LogP contribution in [0.1, 0.15) is 20.8 Å². The number of hydrogen-bond acceptors (Lipinski definition) is 4. The standard InChI is InChI=1S/C7H10O3.C5H9NO/c1-5(2)7(8)10-4-6-3-9-6;1-4(2)3-5(6)7/h6H,1,3-4H2,2H3;3H,1-2H3,(H2,6,7). The number of esters is 1. The largest absolute Gasteiger partial charge is 0.459 e. The molecule has 1 heterocycles. The van der Waals surface area contributed by atoms with E-state index in [-0.39, 0.29) is 18.0 Å². The number of carbonyl (C=O) groups is 2. The van der Waals surface area contributed by atoms with Gasteiger partial charge < -0.3 is 15.2 Å². The molecule has 0 bridgehead atoms. The highest BCUT2D eigenvalue weighted by atomic mass is 16.6. The molecule has 1 fully saturated rings. The van der Waals surface area contributed by atoms with E-state index >= 15 is 0 Å². The second kappa shape index (κ2) is 7.62. The van der Waals surface area contributed by atoms with Crippen LogP contribution in [0.5, 0.6) is 0 Å². The summed E-state index contributed by atoms with van der Waals surface area (Å²) in [6.07, 6.45) is 1.53. The molecule has 0 saturated carbocycles. The normalized spacial score (nSPS) is 16.1. The third-order valence-corrected chi connectivity index (χ3v) is 1.58. The predicted molar refractivity (Wildman–Crippen MR) is 64.1 cm³/mol. The molecule has 1 atom stereocenters. The number of hydrogen-bond donors (Lipinski definition) is 1. The topological polar surface area (TPSA) is 81.9 Å². The number of nitrogens with two attached hydrogens (primary N) is 1. The summed E-state index contributed by atoms with van der Waals surface area (Å²) >= 11 is 0. The lowest BCUT2D eigenvalue weighted by atomic mass is 10.3. The molecule has 1 saturated heterocycles. The molecule has 0 aliphatic carbocycles. The molecule has 0 spiro atoms. The highest BCUT2D eigenvalue weighted by molar-refractivity contribution is 5.87. The van der Waals surface area contributed by atoms with Gasteiger partial charge in [-0.3, -0.25) is 4.79 Å². The molecule has 2 N–H and O–H groups in total. The first-order valence-electron chi connectivity index (χ1n) is 5.21. The molecule has 0 aromatic carbocycles. The van der Waals surface area contributed by atoms with Crippen molar-refractivity contribution in [2.75, 3.05) is 13.2 Å². The van der Waals surface area contributed by atoms with Gasteiger partial charge in [0, 0.05) is 11.6 Å². The molecule has 5 heteroatoms. The van der Waals surface area contributed by atoms with Crippen molar-refractivity contribution in [3.8, 4) is 0 Å². The summed E-state index contributed by atoms with van der Waals surface area (Å²) in [6, 6.07) is 0. The summed E-state index contributed by atoms with van der Waals surface area (Å²) < 4.78 is 9.60. The van der Waals surface area contributed by atoms with E-state index in [2.05, 4.69) is 6.58 Å². The zero-order valence-corrected chi connectivity index (χ0v) is 10.5. The zero-order valence-electron chi connectivity index (χ0n) is 10.5. The van der Waals surface area contributed by atoms with Crippen LogP contribution in [0.3, 0.4) is 0 Å². The molecule has 5 nitrogen and oxygen atoms in total. The van der Waals surface area contributed by atoms with Crippen LogP contribution in [0.4, 0.5) is 0 Å². The number of amides is 1. The van der Waals surface area contributed by atoms with E-state index in [1.807, 2.05) is 13.8 Å². The fraction of sp³-hybridized carbons (Fsp3) is 0.500. The Balaban J connectivity index is 0.000000325. The van der Waals surface area contributed by atoms with Gasteiger partial charge in [0.2, 0.25) is 5.91 Å². The van der Waals surface area contributed by atoms with E-state index < -0.39 is 0 Å². The second-order valence-electron chi connectivity index (χ2n) is 3.96. The maximum Gasteiger partial charge on any atom is 0.333 e. The van der Waals surface area contributed by atoms with E-state index in [0.717, 1.165) is 5.57 Å². The third-order valence-electron chi connectivity index (χ3n) is 1.58. The molecule has 1 aliphatic heterocycles. The molecule has 1 rings (SSSR count). The Kier molecular flexibility index (Phi) is 6.89. The van der Waals surface area contributed by atoms with Gasteiger partial charge in [0.15, 0.2) is 0 Å². The van der Waals surface area contributed by atoms with Gasteiger partial charge in [-0.2, -0.15) is 0 Å². The Morgan fingerprint density at radius 3 is 2.24 bits per heavy atom. The Morgan fingerprint density at radius 2 is 2.00 bits per heavy atom. The summed E-state index contributed by atoms with van der Waals surface area (Å²) in [5.74, 6) is -0.712. The van der Waals surface area contributed by atoms with Crippen LogP contribution >= 0.6 is 0 Å². The van der Waals surface area contributed by atoms with Crippen molar-refractivity contribution in [3.63, 3.8) is 0 Å². The summed E-state index contributed by atoms with van der Waals surface area (Å²) in [5, 5.41) is 0. The molecular formula is C12H19NO4. The lowest BCUT2D eigenvalue weighted by Gasteiger charge is -1.99. The average molecular weight is 241 g/mol. The van der Waals surface area contributed by atoms with E-state index in [0.29, 0.717) is 18.8 Å². The number of allylic oxidation sites excluding steroid dienone is 1. The Hall–Kier alpha value is -1.62. The van der Waals surface area contributed by atoms with Crippen LogP contribution in [0, 0.1) is 0 Å². The molecule has 1 amide bonds. The first-order valence-corrected chi connectivity index (χ1v) is 5.21. The summed E-state index contributed by atoms with van der Waals surface area (Å²) in [5.41, 5.74) is 6.15. The van der Waals surface area contributed by atoms with Crippen molar-refractivity contribution in [1.29, 1.82) is 0 Å². The van der Waals surface area contributed by atoms with Crippen LogP contribution in [0.15, 0.2) is 23.8 Å². The molecule has 0 aromatic heterocycles. The summed E-state index contributed by atoms with van der Waals surface area (Å²) in [4.78, 5) is 20.7. The third kappa shape index (κ3) is 10.7. The summed E-state index contributed by atoms with van der Waals surface area (Å²) in [7, 11) is 0. The van der Waals surface area contributed by atoms with Crippen molar-refractivity contribution in [3.05, 3.63) is 23.8 Å². The van der Waals surface area contributed by atoms with Crippen LogP contribution in [0.25, 0.3) is 0 Å². The van der Waals surface area contributed by atoms with Crippen molar-refractivity contribution in [2.24, 2.45) is 5.73 Å². The van der Waals surface area contributed by atoms with E-state index in [1.54, 1.807) is 6.92 Å². The highest BCUT2D eigenvalue weighted by Crippen LogP contribution is 2.09. The molecule has 0 radical (unpaired) electrons. The minimum absolute atomic E-state index is 0.142. The van der Waals surface area contributed by atoms with Crippen molar-refractivity contribution in [2.45, 2.75) is 26.9 Å². The minimum Gasteiger partial charge on any atom is -0.459 e. The van der Waals surface area contributed by atoms with Crippen LogP contribution < -0.4 is 5.73 Å². The summed E-state index contributed by atoms with van der Waals surface area (Å²) in [6.45, 7) is 9.79. The number of primary amides is 1. The zero-order chi connectivity index (χ0) is 13.4. The molecular weight excluding hydrogens is 222 g/mol. The highest BCUT2D eigenvalue weighted by Gasteiger charge is 2.24. The molecule has 0 aromatic rings. The predicted octanol–water partition coefficient (Wildman–Crippen LogP) is 0.942. The van der Waals surface area contributed by atoms with Crippen molar-refractivity contribution >= 4 is 11.9 Å². The van der Waals surface area contributed by atoms with Crippen molar-refractivity contribution in [1.82, 2.24) is 0 Å². The quantitative estimate of drug-likeness (QED) is 0.451. The lowest BCUT2D eigenvalue weighted by molar-refractivity contribution is -0.139. The smallest absolute Gasteiger partial charge is 0.333 e. The van der Waals surface area contributed by atoms with Gasteiger partial charge in [0.25, 0.3) is 0 Å². The van der Waals surface area contributed by atoms with Crippen LogP contribution in [0.2, 0.25) is 0 Å². The van der Waals surface area contributed by atoms with Crippen LogP contribution in [-0.4, -0.2) is 31.2 Å². The fourth-order valence-electron chi connectivity index (χ4n) is 0.741. The Labute approximate surface area is 101 Å². The lowest BCUT2D eigenvalue weighted by Crippen LogP contribution is -2.09. The van der Waals surface area contributed by atoms with E-state index in [9.17, 15) is 9.59 Å². The molecule has 1 aliphatic rings. The van der Waals surface area contributed by atoms with Gasteiger partial charge in [0.1, 0.15) is 12.7 Å². The Morgan fingerprint density at radius 1 is 1.47 bits per heavy atom. The average Bonchev–Trinajstić information content (AvgIpc) is 2.95. The minimum atomic E-state index is -0.375. The molecule has 1 unspecified atom stereocenters. The van der Waals surface area contributed by atoms with Gasteiger partial charge in [0.05, 0.1) is 6.61 Å². The Bertz CT molecular complexity index is 325. The molecule has 96 valence electrons. The SMILES string of the molecule is C=C(C)C(=O)OCC1CO1.CC(C)=CC(N)=O. The van der Waals surface area contributed by atoms with Crippen LogP contribution in [-0.2, 0) is 19.1 Å². The fourth-order valence-corrected chi connectivity index (χ4v) is 0.741. The maximum atomic E-state index is 10.7. The monoisotopic (exact) mass is 241 g/mol. The number of carbonyl (C=O) groups excluding carboxylic acids is 2. The number of epoxide rings is 1. The van der Waals surface area contributed by atoms with Gasteiger partial charge in [-0.1, -0.05) is 12.2 Å². The van der Waals surface area contributed by atoms with Gasteiger partial charge in [-0.05, 0) is 20.8 Å². The van der Waals surface area contributed by atoms with Crippen molar-refractivity contribution < 1.29 is 19.1 Å². The van der Waals surface area contributed by atoms with Gasteiger partial charge >= 0.3 is 5.97 Å². The second-order valence-corrected chi connectivity index (χ2v) is 3.96. The van der Waals surface area contributed by atoms with Gasteiger partial charge in [-0.15, -0.1) is 0 Å². The van der Waals surface area contributed by atoms with Gasteiger partial charge in [-0.25, -0.2) is 4.79 Å². The molecule has 17 heavy (non-hydrogen) atoms. The number of rotatable bonds is 4. The maximum absolute atomic E-state index is 10.7. The first kappa shape index (κ1) is 15.4.